The summed E-state index contributed by atoms with van der Waals surface area (Å²) in [6.45, 7) is 4.47. The highest BCUT2D eigenvalue weighted by Crippen LogP contribution is 2.22. The zero-order valence-electron chi connectivity index (χ0n) is 13.5. The molecule has 8 heteroatoms. The standard InChI is InChI=1S/C16H23F3N4O/c17-16(18,19)24-14-6-4-13(5-7-14)12-22-15(20)21-8-3-11-23-9-1-2-10-23/h4-7H,1-3,8-12H2,(H3,20,21,22). The first-order chi connectivity index (χ1) is 11.4. The fourth-order valence-electron chi connectivity index (χ4n) is 2.55. The van der Waals surface area contributed by atoms with E-state index in [4.69, 9.17) is 5.73 Å². The lowest BCUT2D eigenvalue weighted by Gasteiger charge is -2.14. The molecule has 0 unspecified atom stereocenters. The Kier molecular flexibility index (Phi) is 6.72. The highest BCUT2D eigenvalue weighted by atomic mass is 19.4. The third kappa shape index (κ3) is 7.08. The van der Waals surface area contributed by atoms with Crippen LogP contribution in [0.5, 0.6) is 5.75 Å². The minimum atomic E-state index is -4.68. The van der Waals surface area contributed by atoms with Crippen LogP contribution >= 0.6 is 0 Å². The first-order valence-electron chi connectivity index (χ1n) is 8.03. The average Bonchev–Trinajstić information content (AvgIpc) is 3.03. The lowest BCUT2D eigenvalue weighted by atomic mass is 10.2. The van der Waals surface area contributed by atoms with Crippen molar-refractivity contribution >= 4 is 5.96 Å². The molecule has 1 aromatic rings. The van der Waals surface area contributed by atoms with Crippen LogP contribution in [0.3, 0.4) is 0 Å². The summed E-state index contributed by atoms with van der Waals surface area (Å²) >= 11 is 0. The van der Waals surface area contributed by atoms with E-state index in [2.05, 4.69) is 19.9 Å². The van der Waals surface area contributed by atoms with Crippen LogP contribution in [0.15, 0.2) is 29.3 Å². The zero-order valence-corrected chi connectivity index (χ0v) is 13.5. The van der Waals surface area contributed by atoms with E-state index >= 15 is 0 Å². The lowest BCUT2D eigenvalue weighted by molar-refractivity contribution is -0.274. The summed E-state index contributed by atoms with van der Waals surface area (Å²) in [6.07, 6.45) is -1.11. The van der Waals surface area contributed by atoms with Gasteiger partial charge < -0.3 is 20.7 Å². The molecule has 1 aromatic carbocycles. The smallest absolute Gasteiger partial charge is 0.406 e. The third-order valence-corrected chi connectivity index (χ3v) is 3.74. The SMILES string of the molecule is NC(=NCc1ccc(OC(F)(F)F)cc1)NCCCN1CCCC1. The van der Waals surface area contributed by atoms with E-state index in [1.165, 1.54) is 50.2 Å². The molecular weight excluding hydrogens is 321 g/mol. The van der Waals surface area contributed by atoms with Gasteiger partial charge in [-0.2, -0.15) is 0 Å². The largest absolute Gasteiger partial charge is 0.573 e. The summed E-state index contributed by atoms with van der Waals surface area (Å²) in [6, 6.07) is 5.59. The van der Waals surface area contributed by atoms with E-state index in [1.54, 1.807) is 0 Å². The van der Waals surface area contributed by atoms with Crippen molar-refractivity contribution in [2.75, 3.05) is 26.2 Å². The predicted molar refractivity (Wildman–Crippen MR) is 86.7 cm³/mol. The number of nitrogens with one attached hydrogen (secondary N) is 1. The van der Waals surface area contributed by atoms with Gasteiger partial charge in [0.15, 0.2) is 5.96 Å². The van der Waals surface area contributed by atoms with Gasteiger partial charge in [0.2, 0.25) is 0 Å². The molecule has 2 rings (SSSR count). The number of likely N-dealkylation sites (tertiary alicyclic amines) is 1. The number of aliphatic imine (C=N–C) groups is 1. The van der Waals surface area contributed by atoms with Gasteiger partial charge in [0.05, 0.1) is 6.54 Å². The highest BCUT2D eigenvalue weighted by Gasteiger charge is 2.30. The van der Waals surface area contributed by atoms with Crippen LogP contribution < -0.4 is 15.8 Å². The van der Waals surface area contributed by atoms with Crippen molar-refractivity contribution in [1.29, 1.82) is 0 Å². The molecule has 0 saturated carbocycles. The van der Waals surface area contributed by atoms with Crippen LogP contribution in [0.1, 0.15) is 24.8 Å². The minimum absolute atomic E-state index is 0.247. The number of guanidine groups is 1. The lowest BCUT2D eigenvalue weighted by Crippen LogP contribution is -2.34. The minimum Gasteiger partial charge on any atom is -0.406 e. The zero-order chi connectivity index (χ0) is 17.4. The third-order valence-electron chi connectivity index (χ3n) is 3.74. The molecule has 1 aliphatic rings. The van der Waals surface area contributed by atoms with Gasteiger partial charge >= 0.3 is 6.36 Å². The molecule has 1 aliphatic heterocycles. The van der Waals surface area contributed by atoms with Crippen molar-refractivity contribution in [1.82, 2.24) is 10.2 Å². The van der Waals surface area contributed by atoms with Crippen molar-refractivity contribution in [2.45, 2.75) is 32.2 Å². The number of hydrogen-bond donors (Lipinski definition) is 2. The molecule has 0 bridgehead atoms. The number of benzene rings is 1. The Hall–Kier alpha value is -1.96. The quantitative estimate of drug-likeness (QED) is 0.453. The maximum absolute atomic E-state index is 12.1. The van der Waals surface area contributed by atoms with Crippen molar-refractivity contribution in [3.63, 3.8) is 0 Å². The van der Waals surface area contributed by atoms with E-state index in [-0.39, 0.29) is 5.75 Å². The highest BCUT2D eigenvalue weighted by molar-refractivity contribution is 5.77. The van der Waals surface area contributed by atoms with Gasteiger partial charge in [-0.05, 0) is 56.6 Å². The van der Waals surface area contributed by atoms with E-state index in [0.717, 1.165) is 25.1 Å². The maximum atomic E-state index is 12.1. The Morgan fingerprint density at radius 1 is 1.21 bits per heavy atom. The summed E-state index contributed by atoms with van der Waals surface area (Å²) in [5.41, 5.74) is 6.54. The summed E-state index contributed by atoms with van der Waals surface area (Å²) in [5.74, 6) is 0.0929. The average molecular weight is 344 g/mol. The van der Waals surface area contributed by atoms with Gasteiger partial charge in [-0.3, -0.25) is 0 Å². The Balaban J connectivity index is 1.67. The predicted octanol–water partition coefficient (Wildman–Crippen LogP) is 2.48. The van der Waals surface area contributed by atoms with Crippen LogP contribution in [0.25, 0.3) is 0 Å². The number of alkyl halides is 3. The number of rotatable bonds is 7. The van der Waals surface area contributed by atoms with Crippen molar-refractivity contribution < 1.29 is 17.9 Å². The Labute approximate surface area is 139 Å². The maximum Gasteiger partial charge on any atom is 0.573 e. The number of ether oxygens (including phenoxy) is 1. The fourth-order valence-corrected chi connectivity index (χ4v) is 2.55. The second kappa shape index (κ2) is 8.77. The number of nitrogens with zero attached hydrogens (tertiary/aromatic N) is 2. The van der Waals surface area contributed by atoms with Crippen LogP contribution in [0.2, 0.25) is 0 Å². The summed E-state index contributed by atoms with van der Waals surface area (Å²) < 4.78 is 40.0. The second-order valence-electron chi connectivity index (χ2n) is 5.72. The van der Waals surface area contributed by atoms with Gasteiger partial charge in [-0.25, -0.2) is 4.99 Å². The molecule has 1 fully saturated rings. The van der Waals surface area contributed by atoms with Crippen LogP contribution in [-0.2, 0) is 6.54 Å². The van der Waals surface area contributed by atoms with Crippen molar-refractivity contribution in [2.24, 2.45) is 10.7 Å². The van der Waals surface area contributed by atoms with Crippen molar-refractivity contribution in [3.05, 3.63) is 29.8 Å². The first-order valence-corrected chi connectivity index (χ1v) is 8.03. The van der Waals surface area contributed by atoms with Gasteiger partial charge in [0.25, 0.3) is 0 Å². The Morgan fingerprint density at radius 2 is 1.88 bits per heavy atom. The topological polar surface area (TPSA) is 62.9 Å². The summed E-state index contributed by atoms with van der Waals surface area (Å²) in [7, 11) is 0. The summed E-state index contributed by atoms with van der Waals surface area (Å²) in [5, 5.41) is 3.05. The van der Waals surface area contributed by atoms with E-state index in [1.807, 2.05) is 0 Å². The molecule has 134 valence electrons. The molecule has 0 aliphatic carbocycles. The van der Waals surface area contributed by atoms with E-state index in [9.17, 15) is 13.2 Å². The Morgan fingerprint density at radius 3 is 2.50 bits per heavy atom. The molecule has 0 radical (unpaired) electrons. The fraction of sp³-hybridized carbons (Fsp3) is 0.562. The molecule has 5 nitrogen and oxygen atoms in total. The monoisotopic (exact) mass is 344 g/mol. The number of nitrogens with two attached hydrogens (primary N) is 1. The molecule has 24 heavy (non-hydrogen) atoms. The van der Waals surface area contributed by atoms with Crippen LogP contribution in [-0.4, -0.2) is 43.4 Å². The molecule has 0 amide bonds. The van der Waals surface area contributed by atoms with Crippen molar-refractivity contribution in [3.8, 4) is 5.75 Å². The van der Waals surface area contributed by atoms with E-state index in [0.29, 0.717) is 12.5 Å². The van der Waals surface area contributed by atoms with Gasteiger partial charge in [-0.1, -0.05) is 12.1 Å². The van der Waals surface area contributed by atoms with Gasteiger partial charge in [-0.15, -0.1) is 13.2 Å². The van der Waals surface area contributed by atoms with Crippen LogP contribution in [0.4, 0.5) is 13.2 Å². The van der Waals surface area contributed by atoms with Gasteiger partial charge in [0, 0.05) is 6.54 Å². The second-order valence-corrected chi connectivity index (χ2v) is 5.72. The molecule has 1 saturated heterocycles. The number of hydrogen-bond acceptors (Lipinski definition) is 3. The number of halogens is 3. The molecule has 0 atom stereocenters. The molecule has 3 N–H and O–H groups in total. The first kappa shape index (κ1) is 18.4. The van der Waals surface area contributed by atoms with Crippen LogP contribution in [0, 0.1) is 0 Å². The molecular formula is C16H23F3N4O. The molecule has 0 aromatic heterocycles. The Bertz CT molecular complexity index is 525. The summed E-state index contributed by atoms with van der Waals surface area (Å²) in [4.78, 5) is 6.60. The molecule has 0 spiro atoms. The normalized spacial score (nSPS) is 16.4. The molecule has 1 heterocycles. The van der Waals surface area contributed by atoms with E-state index < -0.39 is 6.36 Å². The van der Waals surface area contributed by atoms with Gasteiger partial charge in [0.1, 0.15) is 5.75 Å².